The van der Waals surface area contributed by atoms with Crippen LogP contribution < -0.4 is 5.32 Å². The molecular formula is C17H13F3N2. The van der Waals surface area contributed by atoms with Crippen LogP contribution in [0.15, 0.2) is 60.8 Å². The van der Waals surface area contributed by atoms with Crippen molar-refractivity contribution in [1.29, 1.82) is 0 Å². The molecule has 2 aromatic carbocycles. The first-order chi connectivity index (χ1) is 10.5. The first-order valence-electron chi connectivity index (χ1n) is 6.78. The Hall–Kier alpha value is -2.56. The summed E-state index contributed by atoms with van der Waals surface area (Å²) in [5.41, 5.74) is 0.943. The molecule has 1 N–H and O–H groups in total. The Morgan fingerprint density at radius 3 is 2.36 bits per heavy atom. The summed E-state index contributed by atoms with van der Waals surface area (Å²) in [6.07, 6.45) is -3.41. The molecule has 5 heteroatoms. The number of nitrogens with one attached hydrogen (secondary N) is 1. The van der Waals surface area contributed by atoms with E-state index >= 15 is 0 Å². The van der Waals surface area contributed by atoms with Gasteiger partial charge in [0.1, 0.15) is 5.82 Å². The van der Waals surface area contributed by atoms with Crippen LogP contribution in [0.3, 0.4) is 0 Å². The largest absolute Gasteiger partial charge is 0.393 e. The fourth-order valence-electron chi connectivity index (χ4n) is 2.29. The SMILES string of the molecule is FC(F)(F)Cc1ccc(Nc2nccc3ccccc23)cc1. The zero-order valence-corrected chi connectivity index (χ0v) is 11.6. The molecule has 3 rings (SSSR count). The van der Waals surface area contributed by atoms with Crippen LogP contribution in [0.5, 0.6) is 0 Å². The molecule has 0 aliphatic heterocycles. The molecule has 0 amide bonds. The second-order valence-corrected chi connectivity index (χ2v) is 4.99. The number of benzene rings is 2. The van der Waals surface area contributed by atoms with Crippen LogP contribution in [-0.2, 0) is 6.42 Å². The van der Waals surface area contributed by atoms with E-state index in [0.29, 0.717) is 11.5 Å². The van der Waals surface area contributed by atoms with E-state index in [1.54, 1.807) is 18.3 Å². The van der Waals surface area contributed by atoms with E-state index in [1.165, 1.54) is 12.1 Å². The van der Waals surface area contributed by atoms with Gasteiger partial charge >= 0.3 is 6.18 Å². The van der Waals surface area contributed by atoms with Gasteiger partial charge in [-0.3, -0.25) is 0 Å². The highest BCUT2D eigenvalue weighted by molar-refractivity contribution is 5.93. The lowest BCUT2D eigenvalue weighted by molar-refractivity contribution is -0.127. The predicted molar refractivity (Wildman–Crippen MR) is 81.2 cm³/mol. The summed E-state index contributed by atoms with van der Waals surface area (Å²) in [4.78, 5) is 4.29. The fourth-order valence-corrected chi connectivity index (χ4v) is 2.29. The van der Waals surface area contributed by atoms with Crippen molar-refractivity contribution in [2.24, 2.45) is 0 Å². The molecule has 22 heavy (non-hydrogen) atoms. The van der Waals surface area contributed by atoms with E-state index in [4.69, 9.17) is 0 Å². The van der Waals surface area contributed by atoms with Gasteiger partial charge in [0.15, 0.2) is 0 Å². The third-order valence-corrected chi connectivity index (χ3v) is 3.29. The van der Waals surface area contributed by atoms with Crippen molar-refractivity contribution < 1.29 is 13.2 Å². The molecule has 0 bridgehead atoms. The molecule has 1 aromatic heterocycles. The number of hydrogen-bond acceptors (Lipinski definition) is 2. The smallest absolute Gasteiger partial charge is 0.340 e. The van der Waals surface area contributed by atoms with Gasteiger partial charge < -0.3 is 5.32 Å². The van der Waals surface area contributed by atoms with Crippen LogP contribution >= 0.6 is 0 Å². The number of nitrogens with zero attached hydrogens (tertiary/aromatic N) is 1. The second kappa shape index (κ2) is 5.67. The number of fused-ring (bicyclic) bond motifs is 1. The molecule has 0 aliphatic carbocycles. The van der Waals surface area contributed by atoms with E-state index in [9.17, 15) is 13.2 Å². The lowest BCUT2D eigenvalue weighted by Crippen LogP contribution is -2.11. The summed E-state index contributed by atoms with van der Waals surface area (Å²) in [6, 6.07) is 15.9. The lowest BCUT2D eigenvalue weighted by atomic mass is 10.1. The van der Waals surface area contributed by atoms with Crippen LogP contribution in [0.1, 0.15) is 5.56 Å². The van der Waals surface area contributed by atoms with Crippen LogP contribution in [0.2, 0.25) is 0 Å². The molecule has 0 saturated heterocycles. The molecule has 1 heterocycles. The minimum atomic E-state index is -4.19. The van der Waals surface area contributed by atoms with Gasteiger partial charge in [-0.1, -0.05) is 36.4 Å². The van der Waals surface area contributed by atoms with Gasteiger partial charge in [-0.25, -0.2) is 4.98 Å². The van der Waals surface area contributed by atoms with Crippen molar-refractivity contribution in [3.8, 4) is 0 Å². The normalized spacial score (nSPS) is 11.6. The minimum Gasteiger partial charge on any atom is -0.340 e. The maximum absolute atomic E-state index is 12.3. The lowest BCUT2D eigenvalue weighted by Gasteiger charge is -2.10. The van der Waals surface area contributed by atoms with Crippen molar-refractivity contribution >= 4 is 22.3 Å². The van der Waals surface area contributed by atoms with Crippen LogP contribution in [-0.4, -0.2) is 11.2 Å². The standard InChI is InChI=1S/C17H13F3N2/c18-17(19,20)11-12-5-7-14(8-6-12)22-16-15-4-2-1-3-13(15)9-10-21-16/h1-10H,11H2,(H,21,22). The topological polar surface area (TPSA) is 24.9 Å². The van der Waals surface area contributed by atoms with Crippen molar-refractivity contribution in [2.75, 3.05) is 5.32 Å². The number of aromatic nitrogens is 1. The van der Waals surface area contributed by atoms with Gasteiger partial charge in [0.05, 0.1) is 6.42 Å². The highest BCUT2D eigenvalue weighted by Gasteiger charge is 2.27. The minimum absolute atomic E-state index is 0.240. The summed E-state index contributed by atoms with van der Waals surface area (Å²) >= 11 is 0. The van der Waals surface area contributed by atoms with Gasteiger partial charge in [0.25, 0.3) is 0 Å². The summed E-state index contributed by atoms with van der Waals surface area (Å²) in [6.45, 7) is 0. The van der Waals surface area contributed by atoms with E-state index in [-0.39, 0.29) is 5.56 Å². The zero-order valence-electron chi connectivity index (χ0n) is 11.6. The summed E-state index contributed by atoms with van der Waals surface area (Å²) < 4.78 is 37.0. The Labute approximate surface area is 125 Å². The van der Waals surface area contributed by atoms with Crippen LogP contribution in [0.25, 0.3) is 10.8 Å². The predicted octanol–water partition coefficient (Wildman–Crippen LogP) is 5.08. The maximum atomic E-state index is 12.3. The van der Waals surface area contributed by atoms with E-state index in [0.717, 1.165) is 10.8 Å². The molecule has 2 nitrogen and oxygen atoms in total. The third-order valence-electron chi connectivity index (χ3n) is 3.29. The first-order valence-corrected chi connectivity index (χ1v) is 6.78. The molecule has 3 aromatic rings. The monoisotopic (exact) mass is 302 g/mol. The Morgan fingerprint density at radius 2 is 1.64 bits per heavy atom. The Balaban J connectivity index is 1.83. The molecule has 0 fully saturated rings. The molecule has 0 atom stereocenters. The average molecular weight is 302 g/mol. The molecule has 0 unspecified atom stereocenters. The van der Waals surface area contributed by atoms with Crippen molar-refractivity contribution in [2.45, 2.75) is 12.6 Å². The van der Waals surface area contributed by atoms with Crippen LogP contribution in [0, 0.1) is 0 Å². The van der Waals surface area contributed by atoms with Crippen molar-refractivity contribution in [1.82, 2.24) is 4.98 Å². The number of rotatable bonds is 3. The number of alkyl halides is 3. The second-order valence-electron chi connectivity index (χ2n) is 4.99. The third kappa shape index (κ3) is 3.36. The average Bonchev–Trinajstić information content (AvgIpc) is 2.48. The highest BCUT2D eigenvalue weighted by atomic mass is 19.4. The van der Waals surface area contributed by atoms with E-state index in [2.05, 4.69) is 10.3 Å². The Morgan fingerprint density at radius 1 is 0.909 bits per heavy atom. The molecule has 0 saturated carbocycles. The molecule has 112 valence electrons. The van der Waals surface area contributed by atoms with Gasteiger partial charge in [-0.15, -0.1) is 0 Å². The van der Waals surface area contributed by atoms with Crippen molar-refractivity contribution in [3.63, 3.8) is 0 Å². The Bertz CT molecular complexity index is 775. The molecule has 0 radical (unpaired) electrons. The van der Waals surface area contributed by atoms with Gasteiger partial charge in [-0.2, -0.15) is 13.2 Å². The van der Waals surface area contributed by atoms with Gasteiger partial charge in [0.2, 0.25) is 0 Å². The molecule has 0 aliphatic rings. The number of anilines is 2. The van der Waals surface area contributed by atoms with E-state index < -0.39 is 12.6 Å². The van der Waals surface area contributed by atoms with Gasteiger partial charge in [0, 0.05) is 17.3 Å². The summed E-state index contributed by atoms with van der Waals surface area (Å²) in [7, 11) is 0. The number of pyridine rings is 1. The van der Waals surface area contributed by atoms with Crippen LogP contribution in [0.4, 0.5) is 24.7 Å². The molecular weight excluding hydrogens is 289 g/mol. The van der Waals surface area contributed by atoms with Crippen molar-refractivity contribution in [3.05, 3.63) is 66.4 Å². The van der Waals surface area contributed by atoms with E-state index in [1.807, 2.05) is 30.3 Å². The quantitative estimate of drug-likeness (QED) is 0.729. The maximum Gasteiger partial charge on any atom is 0.393 e. The molecule has 0 spiro atoms. The summed E-state index contributed by atoms with van der Waals surface area (Å²) in [5, 5.41) is 5.16. The zero-order chi connectivity index (χ0) is 15.6. The summed E-state index contributed by atoms with van der Waals surface area (Å²) in [5.74, 6) is 0.682. The number of halogens is 3. The fraction of sp³-hybridized carbons (Fsp3) is 0.118. The number of hydrogen-bond donors (Lipinski definition) is 1. The highest BCUT2D eigenvalue weighted by Crippen LogP contribution is 2.26. The van der Waals surface area contributed by atoms with Gasteiger partial charge in [-0.05, 0) is 29.1 Å². The Kier molecular flexibility index (Phi) is 3.71. The first kappa shape index (κ1) is 14.4.